The molecule has 0 aromatic rings. The first-order valence-corrected chi connectivity index (χ1v) is 10.6. The van der Waals surface area contributed by atoms with Crippen LogP contribution in [0, 0.1) is 0 Å². The van der Waals surface area contributed by atoms with Crippen LogP contribution in [-0.4, -0.2) is 43.5 Å². The minimum Gasteiger partial charge on any atom is -0.353 e. The summed E-state index contributed by atoms with van der Waals surface area (Å²) in [5.74, 6) is -0.00337. The smallest absolute Gasteiger partial charge is 0.221 e. The molecule has 0 spiro atoms. The molecule has 2 aliphatic carbocycles. The number of carbonyl (C=O) groups is 1. The van der Waals surface area contributed by atoms with Gasteiger partial charge in [0, 0.05) is 25.0 Å². The van der Waals surface area contributed by atoms with Gasteiger partial charge in [-0.2, -0.15) is 4.31 Å². The van der Waals surface area contributed by atoms with E-state index in [1.807, 2.05) is 0 Å². The fourth-order valence-corrected chi connectivity index (χ4v) is 4.92. The number of nitrogens with zero attached hydrogens (tertiary/aromatic N) is 1. The van der Waals surface area contributed by atoms with Crippen LogP contribution in [-0.2, 0) is 14.8 Å². The molecule has 5 nitrogen and oxygen atoms in total. The Morgan fingerprint density at radius 3 is 2.09 bits per heavy atom. The highest BCUT2D eigenvalue weighted by Gasteiger charge is 2.28. The molecule has 1 amide bonds. The third-order valence-corrected chi connectivity index (χ3v) is 6.27. The van der Waals surface area contributed by atoms with Crippen molar-refractivity contribution in [2.75, 3.05) is 12.8 Å². The SMILES string of the molecule is CS(=O)(=O)N(CCC(=O)NC1CCCCC1)C1CCCCC1. The molecule has 128 valence electrons. The maximum absolute atomic E-state index is 12.1. The monoisotopic (exact) mass is 330 g/mol. The number of hydrogen-bond donors (Lipinski definition) is 1. The standard InChI is InChI=1S/C16H30N2O3S/c1-22(20,21)18(15-10-6-3-7-11-15)13-12-16(19)17-14-8-4-2-5-9-14/h14-15H,2-13H2,1H3,(H,17,19). The van der Waals surface area contributed by atoms with Crippen LogP contribution in [0.25, 0.3) is 0 Å². The Labute approximate surface area is 134 Å². The van der Waals surface area contributed by atoms with Gasteiger partial charge in [-0.3, -0.25) is 4.79 Å². The highest BCUT2D eigenvalue weighted by molar-refractivity contribution is 7.88. The molecular formula is C16H30N2O3S. The van der Waals surface area contributed by atoms with Crippen LogP contribution < -0.4 is 5.32 Å². The molecule has 6 heteroatoms. The minimum atomic E-state index is -3.24. The van der Waals surface area contributed by atoms with E-state index in [4.69, 9.17) is 0 Å². The lowest BCUT2D eigenvalue weighted by atomic mass is 9.95. The van der Waals surface area contributed by atoms with Crippen LogP contribution in [0.2, 0.25) is 0 Å². The first-order valence-electron chi connectivity index (χ1n) is 8.73. The van der Waals surface area contributed by atoms with Crippen molar-refractivity contribution in [1.82, 2.24) is 9.62 Å². The second-order valence-electron chi connectivity index (χ2n) is 6.82. The molecule has 0 radical (unpaired) electrons. The minimum absolute atomic E-state index is 0.00337. The molecule has 0 atom stereocenters. The number of sulfonamides is 1. The maximum Gasteiger partial charge on any atom is 0.221 e. The van der Waals surface area contributed by atoms with E-state index in [2.05, 4.69) is 5.32 Å². The average molecular weight is 330 g/mol. The summed E-state index contributed by atoms with van der Waals surface area (Å²) in [6.45, 7) is 0.321. The van der Waals surface area contributed by atoms with Gasteiger partial charge in [-0.1, -0.05) is 38.5 Å². The predicted octanol–water partition coefficient (Wildman–Crippen LogP) is 2.42. The molecular weight excluding hydrogens is 300 g/mol. The Morgan fingerprint density at radius 2 is 1.55 bits per heavy atom. The summed E-state index contributed by atoms with van der Waals surface area (Å²) in [5.41, 5.74) is 0. The fourth-order valence-electron chi connectivity index (χ4n) is 3.75. The number of nitrogens with one attached hydrogen (secondary N) is 1. The molecule has 0 saturated heterocycles. The molecule has 0 bridgehead atoms. The molecule has 2 fully saturated rings. The molecule has 2 saturated carbocycles. The predicted molar refractivity (Wildman–Crippen MR) is 88.1 cm³/mol. The summed E-state index contributed by atoms with van der Waals surface area (Å²) in [7, 11) is -3.24. The Morgan fingerprint density at radius 1 is 1.00 bits per heavy atom. The molecule has 1 N–H and O–H groups in total. The third-order valence-electron chi connectivity index (χ3n) is 4.94. The largest absolute Gasteiger partial charge is 0.353 e. The second kappa shape index (κ2) is 8.29. The van der Waals surface area contributed by atoms with Gasteiger partial charge in [0.05, 0.1) is 6.26 Å². The maximum atomic E-state index is 12.1. The fraction of sp³-hybridized carbons (Fsp3) is 0.938. The van der Waals surface area contributed by atoms with E-state index in [0.717, 1.165) is 38.5 Å². The molecule has 0 aliphatic heterocycles. The summed E-state index contributed by atoms with van der Waals surface area (Å²) >= 11 is 0. The van der Waals surface area contributed by atoms with Crippen LogP contribution in [0.3, 0.4) is 0 Å². The van der Waals surface area contributed by atoms with E-state index in [0.29, 0.717) is 12.6 Å². The first-order chi connectivity index (χ1) is 10.5. The van der Waals surface area contributed by atoms with Gasteiger partial charge in [0.15, 0.2) is 0 Å². The zero-order valence-corrected chi connectivity index (χ0v) is 14.5. The van der Waals surface area contributed by atoms with Gasteiger partial charge >= 0.3 is 0 Å². The van der Waals surface area contributed by atoms with E-state index >= 15 is 0 Å². The molecule has 0 unspecified atom stereocenters. The molecule has 0 aromatic heterocycles. The van der Waals surface area contributed by atoms with Crippen LogP contribution in [0.5, 0.6) is 0 Å². The Balaban J connectivity index is 1.83. The average Bonchev–Trinajstić information content (AvgIpc) is 2.48. The highest BCUT2D eigenvalue weighted by Crippen LogP contribution is 2.24. The van der Waals surface area contributed by atoms with Crippen molar-refractivity contribution in [2.45, 2.75) is 82.7 Å². The molecule has 0 aromatic carbocycles. The highest BCUT2D eigenvalue weighted by atomic mass is 32.2. The van der Waals surface area contributed by atoms with Crippen molar-refractivity contribution < 1.29 is 13.2 Å². The summed E-state index contributed by atoms with van der Waals surface area (Å²) in [5, 5.41) is 3.07. The summed E-state index contributed by atoms with van der Waals surface area (Å²) in [6, 6.07) is 0.383. The van der Waals surface area contributed by atoms with Gasteiger partial charge in [0.25, 0.3) is 0 Å². The van der Waals surface area contributed by atoms with Crippen LogP contribution in [0.1, 0.15) is 70.6 Å². The van der Waals surface area contributed by atoms with Crippen molar-refractivity contribution in [3.8, 4) is 0 Å². The van der Waals surface area contributed by atoms with E-state index in [1.165, 1.54) is 31.9 Å². The third kappa shape index (κ3) is 5.54. The number of rotatable bonds is 6. The zero-order valence-electron chi connectivity index (χ0n) is 13.7. The molecule has 22 heavy (non-hydrogen) atoms. The lowest BCUT2D eigenvalue weighted by Crippen LogP contribution is -2.44. The lowest BCUT2D eigenvalue weighted by Gasteiger charge is -2.32. The first kappa shape index (κ1) is 17.7. The van der Waals surface area contributed by atoms with Gasteiger partial charge < -0.3 is 5.32 Å². The van der Waals surface area contributed by atoms with Gasteiger partial charge in [0.2, 0.25) is 15.9 Å². The van der Waals surface area contributed by atoms with Gasteiger partial charge in [-0.25, -0.2) is 8.42 Å². The topological polar surface area (TPSA) is 66.5 Å². The Kier molecular flexibility index (Phi) is 6.68. The second-order valence-corrected chi connectivity index (χ2v) is 8.75. The van der Waals surface area contributed by atoms with Crippen LogP contribution >= 0.6 is 0 Å². The van der Waals surface area contributed by atoms with Crippen LogP contribution in [0.4, 0.5) is 0 Å². The van der Waals surface area contributed by atoms with Gasteiger partial charge in [-0.15, -0.1) is 0 Å². The van der Waals surface area contributed by atoms with E-state index < -0.39 is 10.0 Å². The van der Waals surface area contributed by atoms with E-state index in [9.17, 15) is 13.2 Å². The quantitative estimate of drug-likeness (QED) is 0.813. The van der Waals surface area contributed by atoms with Crippen molar-refractivity contribution in [3.63, 3.8) is 0 Å². The molecule has 2 rings (SSSR count). The molecule has 2 aliphatic rings. The Hall–Kier alpha value is -0.620. The van der Waals surface area contributed by atoms with Crippen LogP contribution in [0.15, 0.2) is 0 Å². The normalized spacial score (nSPS) is 21.9. The van der Waals surface area contributed by atoms with Crippen molar-refractivity contribution in [2.24, 2.45) is 0 Å². The van der Waals surface area contributed by atoms with Gasteiger partial charge in [0.1, 0.15) is 0 Å². The zero-order chi connectivity index (χ0) is 16.0. The lowest BCUT2D eigenvalue weighted by molar-refractivity contribution is -0.122. The van der Waals surface area contributed by atoms with Crippen molar-refractivity contribution in [1.29, 1.82) is 0 Å². The number of hydrogen-bond acceptors (Lipinski definition) is 3. The van der Waals surface area contributed by atoms with E-state index in [-0.39, 0.29) is 18.4 Å². The summed E-state index contributed by atoms with van der Waals surface area (Å²) in [6.07, 6.45) is 12.5. The Bertz CT molecular complexity index is 452. The van der Waals surface area contributed by atoms with Crippen molar-refractivity contribution in [3.05, 3.63) is 0 Å². The summed E-state index contributed by atoms with van der Waals surface area (Å²) in [4.78, 5) is 12.1. The molecule has 0 heterocycles. The summed E-state index contributed by atoms with van der Waals surface area (Å²) < 4.78 is 25.6. The van der Waals surface area contributed by atoms with Crippen molar-refractivity contribution >= 4 is 15.9 Å². The number of amides is 1. The van der Waals surface area contributed by atoms with E-state index in [1.54, 1.807) is 4.31 Å². The number of carbonyl (C=O) groups excluding carboxylic acids is 1. The van der Waals surface area contributed by atoms with Gasteiger partial charge in [-0.05, 0) is 25.7 Å².